The summed E-state index contributed by atoms with van der Waals surface area (Å²) in [6, 6.07) is 15.4. The molecule has 1 saturated heterocycles. The molecule has 10 heteroatoms. The number of aliphatic hydroxyl groups is 1. The Hall–Kier alpha value is -4.57. The molecule has 3 aromatic carbocycles. The number of aryl methyl sites for hydroxylation is 2. The Kier molecular flexibility index (Phi) is 6.41. The molecular formula is C28H23N3O6S. The molecule has 192 valence electrons. The van der Waals surface area contributed by atoms with Gasteiger partial charge in [-0.2, -0.15) is 0 Å². The fraction of sp³-hybridized carbons (Fsp3) is 0.179. The molecule has 1 aliphatic rings. The van der Waals surface area contributed by atoms with Gasteiger partial charge < -0.3 is 9.84 Å². The number of carbonyl (C=O) groups excluding carboxylic acids is 2. The molecule has 0 radical (unpaired) electrons. The van der Waals surface area contributed by atoms with E-state index in [1.807, 2.05) is 32.0 Å². The number of benzene rings is 3. The van der Waals surface area contributed by atoms with Crippen molar-refractivity contribution in [2.24, 2.45) is 0 Å². The van der Waals surface area contributed by atoms with E-state index in [4.69, 9.17) is 4.74 Å². The first-order valence-electron chi connectivity index (χ1n) is 11.9. The van der Waals surface area contributed by atoms with Gasteiger partial charge in [0.2, 0.25) is 0 Å². The van der Waals surface area contributed by atoms with Crippen LogP contribution in [0.5, 0.6) is 5.75 Å². The second kappa shape index (κ2) is 9.71. The number of rotatable bonds is 6. The van der Waals surface area contributed by atoms with Gasteiger partial charge in [-0.05, 0) is 68.3 Å². The van der Waals surface area contributed by atoms with Crippen LogP contribution in [-0.4, -0.2) is 33.3 Å². The third kappa shape index (κ3) is 4.28. The predicted octanol–water partition coefficient (Wildman–Crippen LogP) is 5.85. The van der Waals surface area contributed by atoms with E-state index in [9.17, 15) is 24.8 Å². The molecule has 1 amide bonds. The Morgan fingerprint density at radius 1 is 1.11 bits per heavy atom. The van der Waals surface area contributed by atoms with Gasteiger partial charge in [0.1, 0.15) is 11.5 Å². The highest BCUT2D eigenvalue weighted by Crippen LogP contribution is 2.45. The van der Waals surface area contributed by atoms with Gasteiger partial charge in [0.15, 0.2) is 5.13 Å². The van der Waals surface area contributed by atoms with Crippen LogP contribution in [0, 0.1) is 24.0 Å². The van der Waals surface area contributed by atoms with Crippen molar-refractivity contribution in [2.45, 2.75) is 26.8 Å². The lowest BCUT2D eigenvalue weighted by Gasteiger charge is -2.23. The zero-order valence-electron chi connectivity index (χ0n) is 20.8. The van der Waals surface area contributed by atoms with Crippen LogP contribution >= 0.6 is 11.3 Å². The minimum atomic E-state index is -1.04. The number of anilines is 1. The van der Waals surface area contributed by atoms with Crippen molar-refractivity contribution >= 4 is 49.8 Å². The van der Waals surface area contributed by atoms with Gasteiger partial charge in [-0.15, -0.1) is 0 Å². The summed E-state index contributed by atoms with van der Waals surface area (Å²) in [6.07, 6.45) is 0. The monoisotopic (exact) mass is 529 g/mol. The van der Waals surface area contributed by atoms with Crippen molar-refractivity contribution in [3.63, 3.8) is 0 Å². The van der Waals surface area contributed by atoms with Gasteiger partial charge in [0.05, 0.1) is 33.4 Å². The summed E-state index contributed by atoms with van der Waals surface area (Å²) in [6.45, 7) is 6.03. The number of Topliss-reactive ketones (excluding diaryl/α,β-unsaturated/α-hetero) is 1. The fourth-order valence-corrected chi connectivity index (χ4v) is 5.53. The number of nitro benzene ring substituents is 1. The molecule has 1 atom stereocenters. The number of nitrogens with zero attached hydrogens (tertiary/aromatic N) is 3. The first-order chi connectivity index (χ1) is 18.2. The lowest BCUT2D eigenvalue weighted by molar-refractivity contribution is -0.384. The minimum absolute atomic E-state index is 0.105. The van der Waals surface area contributed by atoms with Crippen LogP contribution in [0.15, 0.2) is 66.2 Å². The maximum absolute atomic E-state index is 13.5. The fourth-order valence-electron chi connectivity index (χ4n) is 4.51. The number of aromatic nitrogens is 1. The van der Waals surface area contributed by atoms with Crippen LogP contribution < -0.4 is 9.64 Å². The first-order valence-corrected chi connectivity index (χ1v) is 12.7. The molecule has 1 aromatic heterocycles. The molecule has 1 fully saturated rings. The highest BCUT2D eigenvalue weighted by atomic mass is 32.1. The number of ketones is 1. The molecule has 1 unspecified atom stereocenters. The van der Waals surface area contributed by atoms with E-state index in [1.165, 1.54) is 40.5 Å². The number of ether oxygens (including phenoxy) is 1. The van der Waals surface area contributed by atoms with Crippen molar-refractivity contribution in [3.8, 4) is 5.75 Å². The van der Waals surface area contributed by atoms with Gasteiger partial charge in [-0.25, -0.2) is 4.98 Å². The molecule has 0 saturated carbocycles. The maximum atomic E-state index is 13.5. The number of fused-ring (bicyclic) bond motifs is 1. The standard InChI is InChI=1S/C28H23N3O6S/c1-4-37-19-11-12-21-22(14-19)38-28(29-21)30-24(17-7-9-18(10-8-17)31(35)36)23(26(33)27(30)34)25(32)20-13-15(2)5-6-16(20)3/h5-14,24,32H,4H2,1-3H3. The summed E-state index contributed by atoms with van der Waals surface area (Å²) in [5.41, 5.74) is 2.83. The quantitative estimate of drug-likeness (QED) is 0.109. The molecule has 4 aromatic rings. The lowest BCUT2D eigenvalue weighted by Crippen LogP contribution is -2.29. The average Bonchev–Trinajstić information content (AvgIpc) is 3.43. The number of aliphatic hydroxyl groups excluding tert-OH is 1. The Morgan fingerprint density at radius 2 is 1.84 bits per heavy atom. The zero-order valence-corrected chi connectivity index (χ0v) is 21.6. The number of thiazole rings is 1. The average molecular weight is 530 g/mol. The molecule has 2 heterocycles. The summed E-state index contributed by atoms with van der Waals surface area (Å²) in [7, 11) is 0. The summed E-state index contributed by atoms with van der Waals surface area (Å²) in [5, 5.41) is 22.9. The number of hydrogen-bond acceptors (Lipinski definition) is 8. The normalized spacial score (nSPS) is 16.8. The highest BCUT2D eigenvalue weighted by Gasteiger charge is 2.48. The lowest BCUT2D eigenvalue weighted by atomic mass is 9.93. The first kappa shape index (κ1) is 25.1. The zero-order chi connectivity index (χ0) is 27.1. The smallest absolute Gasteiger partial charge is 0.301 e. The minimum Gasteiger partial charge on any atom is -0.507 e. The van der Waals surface area contributed by atoms with Crippen molar-refractivity contribution in [1.29, 1.82) is 0 Å². The van der Waals surface area contributed by atoms with Crippen LogP contribution in [0.25, 0.3) is 16.0 Å². The van der Waals surface area contributed by atoms with E-state index in [0.29, 0.717) is 29.0 Å². The van der Waals surface area contributed by atoms with E-state index < -0.39 is 22.7 Å². The van der Waals surface area contributed by atoms with Gasteiger partial charge in [0, 0.05) is 17.7 Å². The topological polar surface area (TPSA) is 123 Å². The van der Waals surface area contributed by atoms with E-state index >= 15 is 0 Å². The molecule has 1 N–H and O–H groups in total. The number of carbonyl (C=O) groups is 2. The van der Waals surface area contributed by atoms with Gasteiger partial charge in [-0.1, -0.05) is 29.0 Å². The van der Waals surface area contributed by atoms with Crippen LogP contribution in [0.2, 0.25) is 0 Å². The van der Waals surface area contributed by atoms with Gasteiger partial charge in [0.25, 0.3) is 11.5 Å². The Bertz CT molecular complexity index is 1640. The second-order valence-corrected chi connectivity index (χ2v) is 9.90. The Morgan fingerprint density at radius 3 is 2.53 bits per heavy atom. The number of hydrogen-bond donors (Lipinski definition) is 1. The third-order valence-electron chi connectivity index (χ3n) is 6.38. The summed E-state index contributed by atoms with van der Waals surface area (Å²) >= 11 is 1.21. The van der Waals surface area contributed by atoms with E-state index in [2.05, 4.69) is 4.98 Å². The Balaban J connectivity index is 1.72. The molecule has 9 nitrogen and oxygen atoms in total. The van der Waals surface area contributed by atoms with E-state index in [0.717, 1.165) is 15.8 Å². The molecule has 0 bridgehead atoms. The van der Waals surface area contributed by atoms with Crippen LogP contribution in [0.3, 0.4) is 0 Å². The predicted molar refractivity (Wildman–Crippen MR) is 145 cm³/mol. The van der Waals surface area contributed by atoms with Crippen LogP contribution in [0.4, 0.5) is 10.8 Å². The van der Waals surface area contributed by atoms with Crippen molar-refractivity contribution in [2.75, 3.05) is 11.5 Å². The molecule has 0 aliphatic carbocycles. The van der Waals surface area contributed by atoms with Crippen molar-refractivity contribution in [1.82, 2.24) is 4.98 Å². The third-order valence-corrected chi connectivity index (χ3v) is 7.40. The van der Waals surface area contributed by atoms with Crippen molar-refractivity contribution < 1.29 is 24.4 Å². The van der Waals surface area contributed by atoms with E-state index in [-0.39, 0.29) is 22.2 Å². The van der Waals surface area contributed by atoms with Gasteiger partial charge >= 0.3 is 5.91 Å². The molecule has 1 aliphatic heterocycles. The molecule has 0 spiro atoms. The van der Waals surface area contributed by atoms with E-state index in [1.54, 1.807) is 25.1 Å². The largest absolute Gasteiger partial charge is 0.507 e. The highest BCUT2D eigenvalue weighted by molar-refractivity contribution is 7.22. The number of non-ortho nitro benzene ring substituents is 1. The summed E-state index contributed by atoms with van der Waals surface area (Å²) in [4.78, 5) is 43.5. The van der Waals surface area contributed by atoms with Gasteiger partial charge in [-0.3, -0.25) is 24.6 Å². The second-order valence-electron chi connectivity index (χ2n) is 8.90. The van der Waals surface area contributed by atoms with Crippen LogP contribution in [0.1, 0.15) is 35.2 Å². The molecule has 5 rings (SSSR count). The van der Waals surface area contributed by atoms with Crippen molar-refractivity contribution in [3.05, 3.63) is 98.6 Å². The molecule has 38 heavy (non-hydrogen) atoms. The summed E-state index contributed by atoms with van der Waals surface area (Å²) < 4.78 is 6.33. The molecular weight excluding hydrogens is 506 g/mol. The number of amides is 1. The number of nitro groups is 1. The summed E-state index contributed by atoms with van der Waals surface area (Å²) in [5.74, 6) is -1.36. The Labute approximate surface area is 221 Å². The van der Waals surface area contributed by atoms with Crippen LogP contribution in [-0.2, 0) is 9.59 Å². The maximum Gasteiger partial charge on any atom is 0.301 e. The SMILES string of the molecule is CCOc1ccc2nc(N3C(=O)C(=O)C(=C(O)c4cc(C)ccc4C)C3c3ccc([N+](=O)[O-])cc3)sc2c1.